The molecule has 1 N–H and O–H groups in total. The maximum absolute atomic E-state index is 12.9. The Hall–Kier alpha value is -2.25. The molecule has 1 saturated heterocycles. The molecule has 2 aromatic carbocycles. The van der Waals surface area contributed by atoms with E-state index in [9.17, 15) is 13.2 Å². The van der Waals surface area contributed by atoms with Crippen molar-refractivity contribution < 1.29 is 13.2 Å². The molecule has 0 aliphatic carbocycles. The van der Waals surface area contributed by atoms with E-state index in [4.69, 9.17) is 11.6 Å². The van der Waals surface area contributed by atoms with Crippen LogP contribution in [0.4, 0.5) is 11.4 Å². The Balaban J connectivity index is 1.66. The number of carbonyl (C=O) groups is 1. The highest BCUT2D eigenvalue weighted by Gasteiger charge is 2.26. The molecular weight excluding hydrogens is 398 g/mol. The highest BCUT2D eigenvalue weighted by atomic mass is 35.5. The first-order valence-corrected chi connectivity index (χ1v) is 11.4. The van der Waals surface area contributed by atoms with E-state index in [1.807, 2.05) is 36.1 Å². The number of para-hydroxylation sites is 2. The number of piperazine rings is 1. The van der Waals surface area contributed by atoms with E-state index in [-0.39, 0.29) is 11.8 Å². The summed E-state index contributed by atoms with van der Waals surface area (Å²) in [6.07, 6.45) is 1.14. The van der Waals surface area contributed by atoms with E-state index in [0.717, 1.165) is 17.5 Å². The summed E-state index contributed by atoms with van der Waals surface area (Å²) in [5.74, 6) is -0.146. The van der Waals surface area contributed by atoms with Crippen molar-refractivity contribution in [3.8, 4) is 0 Å². The van der Waals surface area contributed by atoms with Crippen LogP contribution in [-0.4, -0.2) is 51.7 Å². The van der Waals surface area contributed by atoms with Gasteiger partial charge in [-0.1, -0.05) is 35.9 Å². The molecule has 1 amide bonds. The van der Waals surface area contributed by atoms with Crippen molar-refractivity contribution in [2.45, 2.75) is 12.8 Å². The molecule has 0 bridgehead atoms. The van der Waals surface area contributed by atoms with E-state index in [0.29, 0.717) is 36.9 Å². The van der Waals surface area contributed by atoms with Gasteiger partial charge in [0, 0.05) is 31.2 Å². The zero-order valence-corrected chi connectivity index (χ0v) is 17.5. The molecule has 8 heteroatoms. The lowest BCUT2D eigenvalue weighted by Crippen LogP contribution is -2.50. The van der Waals surface area contributed by atoms with Crippen LogP contribution in [0.5, 0.6) is 0 Å². The summed E-state index contributed by atoms with van der Waals surface area (Å²) in [5, 5.41) is 0.651. The van der Waals surface area contributed by atoms with Gasteiger partial charge in [-0.25, -0.2) is 8.42 Å². The number of hydrogen-bond acceptors (Lipinski definition) is 4. The Morgan fingerprint density at radius 1 is 1.04 bits per heavy atom. The standard InChI is InChI=1S/C20H24ClN3O3S/c1-15(16-7-9-17(21)10-8-16)20(25)24-13-11-23(12-14-24)19-6-4-3-5-18(19)22-28(2,26)27/h3-10,15,22H,11-14H2,1-2H3. The SMILES string of the molecule is CC(C(=O)N1CCN(c2ccccc2NS(C)(=O)=O)CC1)c1ccc(Cl)cc1. The molecule has 3 rings (SSSR count). The summed E-state index contributed by atoms with van der Waals surface area (Å²) in [7, 11) is -3.36. The Kier molecular flexibility index (Phi) is 6.15. The topological polar surface area (TPSA) is 69.7 Å². The highest BCUT2D eigenvalue weighted by molar-refractivity contribution is 7.92. The Morgan fingerprint density at radius 3 is 2.25 bits per heavy atom. The molecule has 1 heterocycles. The van der Waals surface area contributed by atoms with Gasteiger partial charge in [0.15, 0.2) is 0 Å². The Labute approximate surface area is 171 Å². The molecule has 28 heavy (non-hydrogen) atoms. The molecule has 2 aromatic rings. The van der Waals surface area contributed by atoms with Crippen LogP contribution < -0.4 is 9.62 Å². The lowest BCUT2D eigenvalue weighted by Gasteiger charge is -2.38. The van der Waals surface area contributed by atoms with E-state index in [2.05, 4.69) is 9.62 Å². The van der Waals surface area contributed by atoms with Crippen molar-refractivity contribution in [2.24, 2.45) is 0 Å². The largest absolute Gasteiger partial charge is 0.366 e. The minimum Gasteiger partial charge on any atom is -0.366 e. The van der Waals surface area contributed by atoms with Gasteiger partial charge in [-0.05, 0) is 36.8 Å². The second-order valence-corrected chi connectivity index (χ2v) is 9.16. The van der Waals surface area contributed by atoms with Crippen LogP contribution >= 0.6 is 11.6 Å². The van der Waals surface area contributed by atoms with Gasteiger partial charge in [0.05, 0.1) is 23.5 Å². The first-order valence-electron chi connectivity index (χ1n) is 9.10. The van der Waals surface area contributed by atoms with E-state index >= 15 is 0 Å². The lowest BCUT2D eigenvalue weighted by atomic mass is 9.99. The molecule has 1 fully saturated rings. The molecule has 0 saturated carbocycles. The van der Waals surface area contributed by atoms with Crippen LogP contribution in [-0.2, 0) is 14.8 Å². The number of benzene rings is 2. The zero-order valence-electron chi connectivity index (χ0n) is 15.9. The molecule has 6 nitrogen and oxygen atoms in total. The normalized spacial score (nSPS) is 16.0. The highest BCUT2D eigenvalue weighted by Crippen LogP contribution is 2.28. The van der Waals surface area contributed by atoms with Gasteiger partial charge in [-0.2, -0.15) is 0 Å². The number of carbonyl (C=O) groups excluding carboxylic acids is 1. The van der Waals surface area contributed by atoms with E-state index < -0.39 is 10.0 Å². The minimum atomic E-state index is -3.36. The summed E-state index contributed by atoms with van der Waals surface area (Å²) in [6, 6.07) is 14.7. The lowest BCUT2D eigenvalue weighted by molar-refractivity contribution is -0.132. The molecule has 1 atom stereocenters. The van der Waals surface area contributed by atoms with Gasteiger partial charge in [-0.3, -0.25) is 9.52 Å². The molecule has 1 aliphatic heterocycles. The third kappa shape index (κ3) is 4.97. The number of anilines is 2. The Bertz CT molecular complexity index is 939. The smallest absolute Gasteiger partial charge is 0.229 e. The van der Waals surface area contributed by atoms with Gasteiger partial charge in [0.1, 0.15) is 0 Å². The van der Waals surface area contributed by atoms with Crippen LogP contribution in [0.25, 0.3) is 0 Å². The second-order valence-electron chi connectivity index (χ2n) is 6.98. The second kappa shape index (κ2) is 8.41. The van der Waals surface area contributed by atoms with Crippen molar-refractivity contribution in [2.75, 3.05) is 42.1 Å². The van der Waals surface area contributed by atoms with Gasteiger partial charge in [0.25, 0.3) is 0 Å². The number of amides is 1. The molecular formula is C20H24ClN3O3S. The van der Waals surface area contributed by atoms with E-state index in [1.165, 1.54) is 0 Å². The third-order valence-corrected chi connectivity index (χ3v) is 5.71. The van der Waals surface area contributed by atoms with Crippen molar-refractivity contribution in [1.29, 1.82) is 0 Å². The number of hydrogen-bond donors (Lipinski definition) is 1. The summed E-state index contributed by atoms with van der Waals surface area (Å²) >= 11 is 5.93. The maximum atomic E-state index is 12.9. The van der Waals surface area contributed by atoms with Gasteiger partial charge < -0.3 is 9.80 Å². The number of halogens is 1. The van der Waals surface area contributed by atoms with Gasteiger partial charge >= 0.3 is 0 Å². The van der Waals surface area contributed by atoms with Crippen molar-refractivity contribution in [1.82, 2.24) is 4.90 Å². The van der Waals surface area contributed by atoms with Crippen molar-refractivity contribution >= 4 is 38.9 Å². The third-order valence-electron chi connectivity index (χ3n) is 4.87. The van der Waals surface area contributed by atoms with Crippen molar-refractivity contribution in [3.63, 3.8) is 0 Å². The van der Waals surface area contributed by atoms with Crippen LogP contribution in [0, 0.1) is 0 Å². The average molecular weight is 422 g/mol. The first kappa shape index (κ1) is 20.5. The first-order chi connectivity index (χ1) is 13.2. The van der Waals surface area contributed by atoms with Gasteiger partial charge in [-0.15, -0.1) is 0 Å². The molecule has 1 unspecified atom stereocenters. The summed E-state index contributed by atoms with van der Waals surface area (Å²) < 4.78 is 25.8. The number of nitrogens with one attached hydrogen (secondary N) is 1. The fourth-order valence-electron chi connectivity index (χ4n) is 3.37. The van der Waals surface area contributed by atoms with Crippen LogP contribution in [0.3, 0.4) is 0 Å². The molecule has 0 radical (unpaired) electrons. The molecule has 0 spiro atoms. The predicted octanol–water partition coefficient (Wildman–Crippen LogP) is 3.16. The fourth-order valence-corrected chi connectivity index (χ4v) is 4.07. The maximum Gasteiger partial charge on any atom is 0.229 e. The predicted molar refractivity (Wildman–Crippen MR) is 114 cm³/mol. The zero-order chi connectivity index (χ0) is 20.3. The van der Waals surface area contributed by atoms with Crippen LogP contribution in [0.2, 0.25) is 5.02 Å². The number of nitrogens with zero attached hydrogens (tertiary/aromatic N) is 2. The summed E-state index contributed by atoms with van der Waals surface area (Å²) in [4.78, 5) is 16.8. The minimum absolute atomic E-state index is 0.0875. The molecule has 150 valence electrons. The van der Waals surface area contributed by atoms with E-state index in [1.54, 1.807) is 24.3 Å². The van der Waals surface area contributed by atoms with Crippen molar-refractivity contribution in [3.05, 3.63) is 59.1 Å². The Morgan fingerprint density at radius 2 is 1.64 bits per heavy atom. The quantitative estimate of drug-likeness (QED) is 0.805. The number of rotatable bonds is 5. The summed E-state index contributed by atoms with van der Waals surface area (Å²) in [6.45, 7) is 4.36. The fraction of sp³-hybridized carbons (Fsp3) is 0.350. The molecule has 1 aliphatic rings. The molecule has 0 aromatic heterocycles. The average Bonchev–Trinajstić information content (AvgIpc) is 2.67. The number of sulfonamides is 1. The van der Waals surface area contributed by atoms with Crippen LogP contribution in [0.15, 0.2) is 48.5 Å². The monoisotopic (exact) mass is 421 g/mol. The summed E-state index contributed by atoms with van der Waals surface area (Å²) in [5.41, 5.74) is 2.32. The van der Waals surface area contributed by atoms with Gasteiger partial charge in [0.2, 0.25) is 15.9 Å². The van der Waals surface area contributed by atoms with Crippen LogP contribution in [0.1, 0.15) is 18.4 Å².